The zero-order valence-electron chi connectivity index (χ0n) is 14.4. The molecule has 138 valence electrons. The quantitative estimate of drug-likeness (QED) is 0.254. The molecule has 0 unspecified atom stereocenters. The van der Waals surface area contributed by atoms with Crippen molar-refractivity contribution in [2.75, 3.05) is 51.5 Å². The molecule has 9 nitrogen and oxygen atoms in total. The van der Waals surface area contributed by atoms with Crippen LogP contribution in [0, 0.1) is 21.4 Å². The summed E-state index contributed by atoms with van der Waals surface area (Å²) in [7, 11) is 1.50. The highest BCUT2D eigenvalue weighted by molar-refractivity contribution is 6.02. The van der Waals surface area contributed by atoms with Gasteiger partial charge in [-0.1, -0.05) is 0 Å². The van der Waals surface area contributed by atoms with Crippen molar-refractivity contribution in [2.45, 2.75) is 0 Å². The first-order chi connectivity index (χ1) is 12.6. The second-order valence-electron chi connectivity index (χ2n) is 5.52. The number of ether oxygens (including phenoxy) is 2. The molecule has 1 fully saturated rings. The molecule has 1 aromatic carbocycles. The summed E-state index contributed by atoms with van der Waals surface area (Å²) in [6.07, 6.45) is 1.37. The summed E-state index contributed by atoms with van der Waals surface area (Å²) in [6, 6.07) is 6.26. The molecule has 1 N–H and O–H groups in total. The van der Waals surface area contributed by atoms with E-state index in [1.165, 1.54) is 25.3 Å². The SMILES string of the molecule is COCCNC(=O)C(C#N)=Cc1cc([N+](=O)[O-])ccc1N1CCOCC1. The lowest BCUT2D eigenvalue weighted by Gasteiger charge is -2.30. The number of anilines is 1. The van der Waals surface area contributed by atoms with Crippen LogP contribution in [0.4, 0.5) is 11.4 Å². The number of benzene rings is 1. The van der Waals surface area contributed by atoms with Crippen LogP contribution in [-0.4, -0.2) is 57.4 Å². The van der Waals surface area contributed by atoms with Crippen molar-refractivity contribution in [1.29, 1.82) is 5.26 Å². The van der Waals surface area contributed by atoms with Gasteiger partial charge in [-0.2, -0.15) is 5.26 Å². The fourth-order valence-electron chi connectivity index (χ4n) is 2.53. The van der Waals surface area contributed by atoms with Crippen LogP contribution in [0.3, 0.4) is 0 Å². The van der Waals surface area contributed by atoms with Crippen LogP contribution in [0.15, 0.2) is 23.8 Å². The molecule has 0 bridgehead atoms. The summed E-state index contributed by atoms with van der Waals surface area (Å²) in [6.45, 7) is 2.92. The van der Waals surface area contributed by atoms with E-state index < -0.39 is 10.8 Å². The molecule has 0 aromatic heterocycles. The molecule has 1 aliphatic heterocycles. The molecule has 1 aliphatic rings. The number of carbonyl (C=O) groups excluding carboxylic acids is 1. The van der Waals surface area contributed by atoms with E-state index in [4.69, 9.17) is 9.47 Å². The average Bonchev–Trinajstić information content (AvgIpc) is 2.66. The average molecular weight is 360 g/mol. The highest BCUT2D eigenvalue weighted by atomic mass is 16.6. The molecule has 0 spiro atoms. The number of morpholine rings is 1. The third-order valence-electron chi connectivity index (χ3n) is 3.83. The number of nitro groups is 1. The number of hydrogen-bond acceptors (Lipinski definition) is 7. The van der Waals surface area contributed by atoms with Gasteiger partial charge in [0, 0.05) is 50.1 Å². The maximum Gasteiger partial charge on any atom is 0.270 e. The number of nitriles is 1. The number of carbonyl (C=O) groups is 1. The Labute approximate surface area is 150 Å². The van der Waals surface area contributed by atoms with E-state index in [1.807, 2.05) is 11.0 Å². The predicted octanol–water partition coefficient (Wildman–Crippen LogP) is 1.10. The van der Waals surface area contributed by atoms with Crippen LogP contribution in [0.5, 0.6) is 0 Å². The molecule has 0 atom stereocenters. The third-order valence-corrected chi connectivity index (χ3v) is 3.83. The van der Waals surface area contributed by atoms with Crippen LogP contribution in [-0.2, 0) is 14.3 Å². The minimum absolute atomic E-state index is 0.106. The lowest BCUT2D eigenvalue weighted by Crippen LogP contribution is -2.36. The number of nitrogens with zero attached hydrogens (tertiary/aromatic N) is 3. The first-order valence-corrected chi connectivity index (χ1v) is 8.07. The Hall–Kier alpha value is -2.96. The topological polar surface area (TPSA) is 118 Å². The van der Waals surface area contributed by atoms with Crippen molar-refractivity contribution < 1.29 is 19.2 Å². The summed E-state index contributed by atoms with van der Waals surface area (Å²) in [5.41, 5.74) is 0.928. The first-order valence-electron chi connectivity index (χ1n) is 8.07. The minimum Gasteiger partial charge on any atom is -0.383 e. The standard InChI is InChI=1S/C17H20N4O5/c1-25-7-4-19-17(22)14(12-18)10-13-11-15(21(23)24)2-3-16(13)20-5-8-26-9-6-20/h2-3,10-11H,4-9H2,1H3,(H,19,22). The number of nitrogens with one attached hydrogen (secondary N) is 1. The van der Waals surface area contributed by atoms with E-state index in [9.17, 15) is 20.2 Å². The van der Waals surface area contributed by atoms with Gasteiger partial charge in [-0.15, -0.1) is 0 Å². The van der Waals surface area contributed by atoms with E-state index in [0.29, 0.717) is 38.5 Å². The van der Waals surface area contributed by atoms with Crippen LogP contribution < -0.4 is 10.2 Å². The zero-order valence-corrected chi connectivity index (χ0v) is 14.4. The highest BCUT2D eigenvalue weighted by Crippen LogP contribution is 2.28. The van der Waals surface area contributed by atoms with Crippen molar-refractivity contribution in [1.82, 2.24) is 5.32 Å². The molecule has 1 saturated heterocycles. The van der Waals surface area contributed by atoms with Crippen molar-refractivity contribution in [2.24, 2.45) is 0 Å². The largest absolute Gasteiger partial charge is 0.383 e. The number of methoxy groups -OCH3 is 1. The van der Waals surface area contributed by atoms with Gasteiger partial charge >= 0.3 is 0 Å². The Morgan fingerprint density at radius 1 is 1.50 bits per heavy atom. The predicted molar refractivity (Wildman–Crippen MR) is 94.6 cm³/mol. The third kappa shape index (κ3) is 5.02. The van der Waals surface area contributed by atoms with Gasteiger partial charge in [-0.3, -0.25) is 14.9 Å². The van der Waals surface area contributed by atoms with Crippen LogP contribution >= 0.6 is 0 Å². The zero-order chi connectivity index (χ0) is 18.9. The van der Waals surface area contributed by atoms with E-state index in [0.717, 1.165) is 5.69 Å². The maximum atomic E-state index is 12.1. The molecular formula is C17H20N4O5. The second-order valence-corrected chi connectivity index (χ2v) is 5.52. The van der Waals surface area contributed by atoms with Crippen LogP contribution in [0.2, 0.25) is 0 Å². The van der Waals surface area contributed by atoms with Gasteiger partial charge < -0.3 is 19.7 Å². The Morgan fingerprint density at radius 3 is 2.85 bits per heavy atom. The van der Waals surface area contributed by atoms with Crippen molar-refractivity contribution >= 4 is 23.4 Å². The Morgan fingerprint density at radius 2 is 2.23 bits per heavy atom. The van der Waals surface area contributed by atoms with Crippen molar-refractivity contribution in [3.63, 3.8) is 0 Å². The molecule has 1 amide bonds. The van der Waals surface area contributed by atoms with Crippen molar-refractivity contribution in [3.8, 4) is 6.07 Å². The lowest BCUT2D eigenvalue weighted by atomic mass is 10.1. The molecule has 9 heteroatoms. The molecule has 0 saturated carbocycles. The van der Waals surface area contributed by atoms with Crippen molar-refractivity contribution in [3.05, 3.63) is 39.4 Å². The molecule has 26 heavy (non-hydrogen) atoms. The molecular weight excluding hydrogens is 340 g/mol. The summed E-state index contributed by atoms with van der Waals surface area (Å²) in [4.78, 5) is 24.7. The highest BCUT2D eigenvalue weighted by Gasteiger charge is 2.18. The number of rotatable bonds is 7. The van der Waals surface area contributed by atoms with E-state index in [2.05, 4.69) is 5.32 Å². The Bertz CT molecular complexity index is 735. The van der Waals surface area contributed by atoms with Crippen LogP contribution in [0.1, 0.15) is 5.56 Å². The van der Waals surface area contributed by atoms with Gasteiger partial charge in [0.15, 0.2) is 0 Å². The Kier molecular flexibility index (Phi) is 7.08. The van der Waals surface area contributed by atoms with E-state index in [-0.39, 0.29) is 17.8 Å². The minimum atomic E-state index is -0.552. The molecule has 0 radical (unpaired) electrons. The van der Waals surface area contributed by atoms with Gasteiger partial charge in [-0.25, -0.2) is 0 Å². The Balaban J connectivity index is 2.36. The van der Waals surface area contributed by atoms with Gasteiger partial charge in [-0.05, 0) is 12.1 Å². The first kappa shape index (κ1) is 19.4. The second kappa shape index (κ2) is 9.50. The molecule has 1 heterocycles. The number of non-ortho nitro benzene ring substituents is 1. The summed E-state index contributed by atoms with van der Waals surface area (Å²) in [5.74, 6) is -0.552. The van der Waals surface area contributed by atoms with E-state index >= 15 is 0 Å². The van der Waals surface area contributed by atoms with Gasteiger partial charge in [0.25, 0.3) is 11.6 Å². The number of amides is 1. The van der Waals surface area contributed by atoms with Crippen LogP contribution in [0.25, 0.3) is 6.08 Å². The van der Waals surface area contributed by atoms with Gasteiger partial charge in [0.1, 0.15) is 11.6 Å². The van der Waals surface area contributed by atoms with E-state index in [1.54, 1.807) is 6.07 Å². The van der Waals surface area contributed by atoms with Gasteiger partial charge in [0.2, 0.25) is 0 Å². The number of nitro benzene ring substituents is 1. The summed E-state index contributed by atoms with van der Waals surface area (Å²) >= 11 is 0. The summed E-state index contributed by atoms with van der Waals surface area (Å²) in [5, 5.41) is 23.0. The monoisotopic (exact) mass is 360 g/mol. The fourth-order valence-corrected chi connectivity index (χ4v) is 2.53. The lowest BCUT2D eigenvalue weighted by molar-refractivity contribution is -0.384. The number of hydrogen-bond donors (Lipinski definition) is 1. The smallest absolute Gasteiger partial charge is 0.270 e. The fraction of sp³-hybridized carbons (Fsp3) is 0.412. The molecule has 2 rings (SSSR count). The molecule has 0 aliphatic carbocycles. The maximum absolute atomic E-state index is 12.1. The molecule has 1 aromatic rings. The summed E-state index contributed by atoms with van der Waals surface area (Å²) < 4.78 is 10.2. The van der Waals surface area contributed by atoms with Gasteiger partial charge in [0.05, 0.1) is 24.7 Å². The normalized spacial score (nSPS) is 14.6.